The van der Waals surface area contributed by atoms with Gasteiger partial charge in [-0.3, -0.25) is 9.59 Å². The van der Waals surface area contributed by atoms with E-state index in [0.717, 1.165) is 36.4 Å². The minimum absolute atomic E-state index is 0.0393. The molecule has 3 aromatic rings. The Bertz CT molecular complexity index is 1300. The van der Waals surface area contributed by atoms with Crippen LogP contribution in [0.4, 0.5) is 11.6 Å². The lowest BCUT2D eigenvalue weighted by Gasteiger charge is -2.30. The summed E-state index contributed by atoms with van der Waals surface area (Å²) in [5.74, 6) is 1.19. The lowest BCUT2D eigenvalue weighted by atomic mass is 9.97. The van der Waals surface area contributed by atoms with Crippen molar-refractivity contribution >= 4 is 28.4 Å². The summed E-state index contributed by atoms with van der Waals surface area (Å²) >= 11 is 0. The van der Waals surface area contributed by atoms with Gasteiger partial charge in [0.2, 0.25) is 0 Å². The van der Waals surface area contributed by atoms with E-state index in [4.69, 9.17) is 13.9 Å². The molecule has 184 valence electrons. The third kappa shape index (κ3) is 4.46. The summed E-state index contributed by atoms with van der Waals surface area (Å²) in [5, 5.41) is 0.433. The summed E-state index contributed by atoms with van der Waals surface area (Å²) in [4.78, 5) is 32.2. The van der Waals surface area contributed by atoms with Gasteiger partial charge in [-0.15, -0.1) is 0 Å². The predicted molar refractivity (Wildman–Crippen MR) is 136 cm³/mol. The summed E-state index contributed by atoms with van der Waals surface area (Å²) in [6.45, 7) is 3.38. The molecule has 2 aromatic carbocycles. The van der Waals surface area contributed by atoms with Gasteiger partial charge in [-0.05, 0) is 37.1 Å². The number of amides is 1. The van der Waals surface area contributed by atoms with Gasteiger partial charge in [0.1, 0.15) is 11.3 Å². The van der Waals surface area contributed by atoms with Crippen LogP contribution in [0.25, 0.3) is 11.0 Å². The summed E-state index contributed by atoms with van der Waals surface area (Å²) in [5.41, 5.74) is 2.79. The highest BCUT2D eigenvalue weighted by Crippen LogP contribution is 2.40. The van der Waals surface area contributed by atoms with E-state index in [1.165, 1.54) is 11.0 Å². The fraction of sp³-hybridized carbons (Fsp3) is 0.407. The number of hydrogen-bond donors (Lipinski definition) is 0. The number of morpholine rings is 1. The van der Waals surface area contributed by atoms with Crippen LogP contribution < -0.4 is 20.0 Å². The molecule has 1 amide bonds. The molecule has 0 spiro atoms. The van der Waals surface area contributed by atoms with Gasteiger partial charge in [0, 0.05) is 62.7 Å². The molecule has 2 aliphatic rings. The second-order valence-electron chi connectivity index (χ2n) is 9.24. The molecular formula is C27H31N3O5. The maximum atomic E-state index is 13.3. The molecule has 1 unspecified atom stereocenters. The molecule has 0 radical (unpaired) electrons. The maximum Gasteiger partial charge on any atom is 0.253 e. The van der Waals surface area contributed by atoms with Gasteiger partial charge in [0.15, 0.2) is 11.3 Å². The van der Waals surface area contributed by atoms with Gasteiger partial charge in [-0.25, -0.2) is 0 Å². The average molecular weight is 478 g/mol. The predicted octanol–water partition coefficient (Wildman–Crippen LogP) is 3.68. The van der Waals surface area contributed by atoms with Crippen molar-refractivity contribution in [3.63, 3.8) is 0 Å². The van der Waals surface area contributed by atoms with Gasteiger partial charge in [-0.1, -0.05) is 6.07 Å². The van der Waals surface area contributed by atoms with Crippen molar-refractivity contribution in [1.29, 1.82) is 0 Å². The number of fused-ring (bicyclic) bond motifs is 1. The van der Waals surface area contributed by atoms with Crippen LogP contribution >= 0.6 is 0 Å². The van der Waals surface area contributed by atoms with Crippen molar-refractivity contribution in [3.8, 4) is 5.75 Å². The van der Waals surface area contributed by atoms with Crippen LogP contribution in [0.2, 0.25) is 0 Å². The molecule has 5 rings (SSSR count). The largest absolute Gasteiger partial charge is 0.497 e. The van der Waals surface area contributed by atoms with E-state index in [1.54, 1.807) is 27.3 Å². The minimum Gasteiger partial charge on any atom is -0.497 e. The average Bonchev–Trinajstić information content (AvgIpc) is 3.38. The highest BCUT2D eigenvalue weighted by Gasteiger charge is 2.31. The number of anilines is 2. The highest BCUT2D eigenvalue weighted by atomic mass is 16.5. The van der Waals surface area contributed by atoms with Crippen LogP contribution in [-0.2, 0) is 4.74 Å². The van der Waals surface area contributed by atoms with Gasteiger partial charge >= 0.3 is 0 Å². The maximum absolute atomic E-state index is 13.3. The molecule has 0 N–H and O–H groups in total. The number of carbonyl (C=O) groups is 1. The van der Waals surface area contributed by atoms with Crippen LogP contribution in [0.1, 0.15) is 34.8 Å². The normalized spacial score (nSPS) is 18.2. The van der Waals surface area contributed by atoms with Crippen molar-refractivity contribution in [2.24, 2.45) is 0 Å². The number of hydrogen-bond acceptors (Lipinski definition) is 7. The van der Waals surface area contributed by atoms with Gasteiger partial charge < -0.3 is 28.6 Å². The summed E-state index contributed by atoms with van der Waals surface area (Å²) < 4.78 is 17.4. The van der Waals surface area contributed by atoms with Gasteiger partial charge in [0.25, 0.3) is 5.91 Å². The monoisotopic (exact) mass is 477 g/mol. The topological polar surface area (TPSA) is 75.5 Å². The molecule has 0 saturated carbocycles. The molecular weight excluding hydrogens is 446 g/mol. The van der Waals surface area contributed by atoms with Crippen LogP contribution in [0.3, 0.4) is 0 Å². The van der Waals surface area contributed by atoms with E-state index in [-0.39, 0.29) is 17.4 Å². The molecule has 0 aliphatic carbocycles. The number of nitrogens with zero attached hydrogens (tertiary/aromatic N) is 3. The van der Waals surface area contributed by atoms with Gasteiger partial charge in [0.05, 0.1) is 31.8 Å². The van der Waals surface area contributed by atoms with Crippen LogP contribution in [0.5, 0.6) is 5.75 Å². The summed E-state index contributed by atoms with van der Waals surface area (Å²) in [7, 11) is 5.09. The molecule has 2 aliphatic heterocycles. The Hall–Kier alpha value is -3.52. The zero-order valence-corrected chi connectivity index (χ0v) is 20.5. The lowest BCUT2D eigenvalue weighted by Crippen LogP contribution is -2.36. The minimum atomic E-state index is -0.145. The van der Waals surface area contributed by atoms with E-state index in [0.29, 0.717) is 48.7 Å². The first-order valence-electron chi connectivity index (χ1n) is 12.0. The Labute approximate surface area is 204 Å². The first-order valence-corrected chi connectivity index (χ1v) is 12.0. The Balaban J connectivity index is 1.68. The number of methoxy groups -OCH3 is 1. The highest BCUT2D eigenvalue weighted by molar-refractivity contribution is 5.98. The van der Waals surface area contributed by atoms with Crippen molar-refractivity contribution in [2.75, 3.05) is 63.9 Å². The van der Waals surface area contributed by atoms with Crippen molar-refractivity contribution in [1.82, 2.24) is 4.90 Å². The smallest absolute Gasteiger partial charge is 0.253 e. The Morgan fingerprint density at radius 2 is 1.89 bits per heavy atom. The van der Waals surface area contributed by atoms with E-state index in [2.05, 4.69) is 11.0 Å². The molecule has 1 aromatic heterocycles. The third-order valence-electron chi connectivity index (χ3n) is 6.82. The van der Waals surface area contributed by atoms with E-state index >= 15 is 0 Å². The molecule has 8 heteroatoms. The molecule has 1 atom stereocenters. The zero-order chi connectivity index (χ0) is 24.5. The number of benzene rings is 2. The number of ether oxygens (including phenoxy) is 2. The quantitative estimate of drug-likeness (QED) is 0.555. The lowest BCUT2D eigenvalue weighted by molar-refractivity contribution is 0.0827. The molecule has 2 saturated heterocycles. The van der Waals surface area contributed by atoms with Crippen LogP contribution in [0.15, 0.2) is 51.7 Å². The zero-order valence-electron chi connectivity index (χ0n) is 20.5. The third-order valence-corrected chi connectivity index (χ3v) is 6.82. The molecule has 2 fully saturated rings. The second-order valence-corrected chi connectivity index (χ2v) is 9.24. The fourth-order valence-corrected chi connectivity index (χ4v) is 5.03. The standard InChI is InChI=1S/C27H31N3O5/c1-28(2)27(32)18-14-21(23-8-5-9-30(23)19-6-4-7-20(16-19)33-3)26-22(15-18)24(31)17-25(35-26)29-10-12-34-13-11-29/h4,6-7,14-17,23H,5,8-13H2,1-3H3. The Kier molecular flexibility index (Phi) is 6.38. The fourth-order valence-electron chi connectivity index (χ4n) is 5.03. The van der Waals surface area contributed by atoms with Gasteiger partial charge in [-0.2, -0.15) is 0 Å². The molecule has 35 heavy (non-hydrogen) atoms. The molecule has 8 nitrogen and oxygen atoms in total. The van der Waals surface area contributed by atoms with Crippen LogP contribution in [-0.4, -0.2) is 64.9 Å². The second kappa shape index (κ2) is 9.62. The summed E-state index contributed by atoms with van der Waals surface area (Å²) in [6.07, 6.45) is 1.88. The van der Waals surface area contributed by atoms with E-state index in [1.807, 2.05) is 29.2 Å². The van der Waals surface area contributed by atoms with Crippen molar-refractivity contribution < 1.29 is 18.7 Å². The SMILES string of the molecule is COc1cccc(N2CCCC2c2cc(C(=O)N(C)C)cc3c(=O)cc(N4CCOCC4)oc23)c1. The summed E-state index contributed by atoms with van der Waals surface area (Å²) in [6, 6.07) is 13.1. The molecule has 3 heterocycles. The Morgan fingerprint density at radius 3 is 2.63 bits per heavy atom. The number of rotatable bonds is 5. The van der Waals surface area contributed by atoms with Crippen molar-refractivity contribution in [3.05, 3.63) is 63.8 Å². The molecule has 0 bridgehead atoms. The number of carbonyl (C=O) groups excluding carboxylic acids is 1. The first kappa shape index (κ1) is 23.2. The first-order chi connectivity index (χ1) is 17.0. The van der Waals surface area contributed by atoms with E-state index < -0.39 is 0 Å². The Morgan fingerprint density at radius 1 is 1.09 bits per heavy atom. The van der Waals surface area contributed by atoms with Crippen LogP contribution in [0, 0.1) is 0 Å². The van der Waals surface area contributed by atoms with Crippen molar-refractivity contribution in [2.45, 2.75) is 18.9 Å². The van der Waals surface area contributed by atoms with E-state index in [9.17, 15) is 9.59 Å².